The van der Waals surface area contributed by atoms with Crippen LogP contribution in [-0.4, -0.2) is 18.9 Å². The van der Waals surface area contributed by atoms with Gasteiger partial charge in [0.15, 0.2) is 5.78 Å². The molecule has 0 N–H and O–H groups in total. The van der Waals surface area contributed by atoms with Gasteiger partial charge in [-0.3, -0.25) is 9.59 Å². The highest BCUT2D eigenvalue weighted by Gasteiger charge is 2.03. The average Bonchev–Trinajstić information content (AvgIpc) is 2.28. The zero-order valence-electron chi connectivity index (χ0n) is 10.2. The van der Waals surface area contributed by atoms with Crippen LogP contribution in [0.15, 0.2) is 18.2 Å². The van der Waals surface area contributed by atoms with Gasteiger partial charge in [-0.1, -0.05) is 11.8 Å². The summed E-state index contributed by atoms with van der Waals surface area (Å²) in [6.45, 7) is 3.40. The summed E-state index contributed by atoms with van der Waals surface area (Å²) in [4.78, 5) is 22.1. The van der Waals surface area contributed by atoms with Crippen LogP contribution >= 0.6 is 0 Å². The standard InChI is InChI=1S/C14H14O3/c1-10-9-12(5-4-6-14(16)17-3)7-8-13(10)11(2)15/h7-9H,6H2,1-3H3. The summed E-state index contributed by atoms with van der Waals surface area (Å²) in [5.41, 5.74) is 2.38. The van der Waals surface area contributed by atoms with E-state index < -0.39 is 0 Å². The van der Waals surface area contributed by atoms with Crippen molar-refractivity contribution < 1.29 is 14.3 Å². The van der Waals surface area contributed by atoms with Crippen molar-refractivity contribution in [3.63, 3.8) is 0 Å². The summed E-state index contributed by atoms with van der Waals surface area (Å²) in [6, 6.07) is 5.36. The van der Waals surface area contributed by atoms with E-state index in [4.69, 9.17) is 0 Å². The lowest BCUT2D eigenvalue weighted by atomic mass is 10.0. The van der Waals surface area contributed by atoms with E-state index >= 15 is 0 Å². The monoisotopic (exact) mass is 230 g/mol. The Labute approximate surface area is 101 Å². The molecule has 0 unspecified atom stereocenters. The number of aryl methyl sites for hydroxylation is 1. The molecule has 0 aromatic heterocycles. The van der Waals surface area contributed by atoms with Gasteiger partial charge in [0.2, 0.25) is 0 Å². The quantitative estimate of drug-likeness (QED) is 0.444. The van der Waals surface area contributed by atoms with Gasteiger partial charge in [0.05, 0.1) is 7.11 Å². The van der Waals surface area contributed by atoms with Crippen molar-refractivity contribution in [1.29, 1.82) is 0 Å². The zero-order chi connectivity index (χ0) is 12.8. The zero-order valence-corrected chi connectivity index (χ0v) is 10.2. The number of ketones is 1. The molecule has 0 bridgehead atoms. The number of esters is 1. The molecule has 0 spiro atoms. The van der Waals surface area contributed by atoms with E-state index in [9.17, 15) is 9.59 Å². The second-order valence-corrected chi connectivity index (χ2v) is 3.64. The Balaban J connectivity index is 2.84. The van der Waals surface area contributed by atoms with E-state index in [0.29, 0.717) is 5.56 Å². The minimum atomic E-state index is -0.352. The summed E-state index contributed by atoms with van der Waals surface area (Å²) in [6.07, 6.45) is 0.0734. The molecule has 3 heteroatoms. The van der Waals surface area contributed by atoms with Gasteiger partial charge in [-0.25, -0.2) is 0 Å². The largest absolute Gasteiger partial charge is 0.468 e. The summed E-state index contributed by atoms with van der Waals surface area (Å²) in [7, 11) is 1.33. The van der Waals surface area contributed by atoms with Crippen LogP contribution in [-0.2, 0) is 9.53 Å². The fourth-order valence-electron chi connectivity index (χ4n) is 1.43. The third-order valence-corrected chi connectivity index (χ3v) is 2.30. The number of hydrogen-bond acceptors (Lipinski definition) is 3. The Morgan fingerprint density at radius 1 is 1.35 bits per heavy atom. The Morgan fingerprint density at radius 3 is 2.59 bits per heavy atom. The summed E-state index contributed by atoms with van der Waals surface area (Å²) < 4.78 is 4.48. The van der Waals surface area contributed by atoms with Crippen LogP contribution in [0, 0.1) is 18.8 Å². The molecule has 0 atom stereocenters. The molecule has 0 amide bonds. The third kappa shape index (κ3) is 3.76. The predicted molar refractivity (Wildman–Crippen MR) is 64.7 cm³/mol. The van der Waals surface area contributed by atoms with E-state index in [1.807, 2.05) is 13.0 Å². The van der Waals surface area contributed by atoms with E-state index in [2.05, 4.69) is 16.6 Å². The van der Waals surface area contributed by atoms with Gasteiger partial charge in [-0.05, 0) is 37.6 Å². The first kappa shape index (κ1) is 13.0. The van der Waals surface area contributed by atoms with E-state index in [-0.39, 0.29) is 18.2 Å². The molecule has 0 aliphatic heterocycles. The van der Waals surface area contributed by atoms with E-state index in [0.717, 1.165) is 11.1 Å². The molecule has 0 saturated carbocycles. The number of methoxy groups -OCH3 is 1. The highest BCUT2D eigenvalue weighted by Crippen LogP contribution is 2.11. The molecule has 0 saturated heterocycles. The molecule has 88 valence electrons. The van der Waals surface area contributed by atoms with Crippen molar-refractivity contribution in [2.24, 2.45) is 0 Å². The van der Waals surface area contributed by atoms with Crippen LogP contribution in [0.5, 0.6) is 0 Å². The van der Waals surface area contributed by atoms with Gasteiger partial charge >= 0.3 is 5.97 Å². The molecular weight excluding hydrogens is 216 g/mol. The Hall–Kier alpha value is -2.08. The third-order valence-electron chi connectivity index (χ3n) is 2.30. The van der Waals surface area contributed by atoms with Gasteiger partial charge in [-0.2, -0.15) is 0 Å². The number of hydrogen-bond donors (Lipinski definition) is 0. The minimum absolute atomic E-state index is 0.0385. The molecule has 1 aromatic carbocycles. The highest BCUT2D eigenvalue weighted by molar-refractivity contribution is 5.95. The van der Waals surface area contributed by atoms with E-state index in [1.54, 1.807) is 12.1 Å². The molecule has 1 aromatic rings. The summed E-state index contributed by atoms with van der Waals surface area (Å²) >= 11 is 0. The lowest BCUT2D eigenvalue weighted by Crippen LogP contribution is -1.97. The van der Waals surface area contributed by atoms with Gasteiger partial charge in [-0.15, -0.1) is 0 Å². The molecule has 0 heterocycles. The maximum atomic E-state index is 11.2. The second kappa shape index (κ2) is 5.86. The van der Waals surface area contributed by atoms with Gasteiger partial charge < -0.3 is 4.74 Å². The number of benzene rings is 1. The number of carbonyl (C=O) groups excluding carboxylic acids is 2. The van der Waals surface area contributed by atoms with Crippen LogP contribution in [0.4, 0.5) is 0 Å². The lowest BCUT2D eigenvalue weighted by molar-refractivity contribution is -0.139. The number of carbonyl (C=O) groups is 2. The summed E-state index contributed by atoms with van der Waals surface area (Å²) in [5, 5.41) is 0. The Kier molecular flexibility index (Phi) is 4.47. The molecule has 0 aliphatic carbocycles. The Morgan fingerprint density at radius 2 is 2.06 bits per heavy atom. The molecule has 1 rings (SSSR count). The van der Waals surface area contributed by atoms with Gasteiger partial charge in [0, 0.05) is 11.1 Å². The average molecular weight is 230 g/mol. The molecule has 0 radical (unpaired) electrons. The van der Waals surface area contributed by atoms with Crippen LogP contribution in [0.1, 0.15) is 34.8 Å². The Bertz CT molecular complexity index is 504. The number of ether oxygens (including phenoxy) is 1. The molecule has 0 fully saturated rings. The van der Waals surface area contributed by atoms with Gasteiger partial charge in [0.25, 0.3) is 0 Å². The van der Waals surface area contributed by atoms with Crippen LogP contribution in [0.25, 0.3) is 0 Å². The maximum Gasteiger partial charge on any atom is 0.317 e. The van der Waals surface area contributed by atoms with Crippen molar-refractivity contribution in [3.8, 4) is 11.8 Å². The fraction of sp³-hybridized carbons (Fsp3) is 0.286. The number of Topliss-reactive ketones (excluding diaryl/α,β-unsaturated/α-hetero) is 1. The van der Waals surface area contributed by atoms with Crippen LogP contribution in [0.3, 0.4) is 0 Å². The van der Waals surface area contributed by atoms with Crippen molar-refractivity contribution in [2.75, 3.05) is 7.11 Å². The summed E-state index contributed by atoms with van der Waals surface area (Å²) in [5.74, 6) is 5.26. The predicted octanol–water partition coefficient (Wildman–Crippen LogP) is 2.11. The van der Waals surface area contributed by atoms with Crippen molar-refractivity contribution in [3.05, 3.63) is 34.9 Å². The molecule has 17 heavy (non-hydrogen) atoms. The fourth-order valence-corrected chi connectivity index (χ4v) is 1.43. The SMILES string of the molecule is COC(=O)CC#Cc1ccc(C(C)=O)c(C)c1. The smallest absolute Gasteiger partial charge is 0.317 e. The first-order valence-corrected chi connectivity index (χ1v) is 5.22. The van der Waals surface area contributed by atoms with Crippen molar-refractivity contribution in [1.82, 2.24) is 0 Å². The van der Waals surface area contributed by atoms with Gasteiger partial charge in [0.1, 0.15) is 6.42 Å². The number of rotatable bonds is 2. The van der Waals surface area contributed by atoms with Crippen molar-refractivity contribution in [2.45, 2.75) is 20.3 Å². The lowest BCUT2D eigenvalue weighted by Gasteiger charge is -2.01. The molecule has 3 nitrogen and oxygen atoms in total. The first-order valence-electron chi connectivity index (χ1n) is 5.22. The highest BCUT2D eigenvalue weighted by atomic mass is 16.5. The van der Waals surface area contributed by atoms with Crippen LogP contribution in [0.2, 0.25) is 0 Å². The van der Waals surface area contributed by atoms with Crippen LogP contribution < -0.4 is 0 Å². The maximum absolute atomic E-state index is 11.2. The van der Waals surface area contributed by atoms with E-state index in [1.165, 1.54) is 14.0 Å². The minimum Gasteiger partial charge on any atom is -0.468 e. The molecule has 0 aliphatic rings. The second-order valence-electron chi connectivity index (χ2n) is 3.64. The molecular formula is C14H14O3. The topological polar surface area (TPSA) is 43.4 Å². The normalized spacial score (nSPS) is 9.12. The first-order chi connectivity index (χ1) is 8.04. The van der Waals surface area contributed by atoms with Crippen molar-refractivity contribution >= 4 is 11.8 Å².